The molecule has 0 bridgehead atoms. The van der Waals surface area contributed by atoms with Crippen LogP contribution in [0.15, 0.2) is 144 Å². The first kappa shape index (κ1) is 26.6. The smallest absolute Gasteiger partial charge is 0.124 e. The van der Waals surface area contributed by atoms with Crippen molar-refractivity contribution in [3.8, 4) is 50.5 Å². The third-order valence-electron chi connectivity index (χ3n) is 6.21. The van der Waals surface area contributed by atoms with Gasteiger partial charge in [-0.15, -0.1) is 29.8 Å². The second-order valence-electron chi connectivity index (χ2n) is 8.79. The predicted molar refractivity (Wildman–Crippen MR) is 155 cm³/mol. The molecular weight excluding hydrogens is 680 g/mol. The molecule has 0 spiro atoms. The first-order chi connectivity index (χ1) is 18.7. The van der Waals surface area contributed by atoms with Gasteiger partial charge in [-0.1, -0.05) is 95.5 Å². The fraction of sp³-hybridized carbons (Fsp3) is 0. The van der Waals surface area contributed by atoms with Crippen LogP contribution in [0.4, 0.5) is 0 Å². The van der Waals surface area contributed by atoms with Crippen molar-refractivity contribution in [1.82, 2.24) is 9.97 Å². The molecule has 1 N–H and O–H groups in total. The van der Waals surface area contributed by atoms with Gasteiger partial charge in [-0.2, -0.15) is 0 Å². The summed E-state index contributed by atoms with van der Waals surface area (Å²) >= 11 is 1.57. The largest absolute Gasteiger partial charge is 0.507 e. The Morgan fingerprint density at radius 2 is 1.26 bits per heavy atom. The van der Waals surface area contributed by atoms with E-state index < -0.39 is 0 Å². The van der Waals surface area contributed by atoms with Gasteiger partial charge in [0, 0.05) is 32.8 Å². The van der Waals surface area contributed by atoms with E-state index in [0.29, 0.717) is 11.3 Å². The Bertz CT molecular complexity index is 1710. The molecule has 2 aromatic heterocycles. The number of aromatic nitrogens is 2. The molecule has 0 aliphatic rings. The first-order valence-electron chi connectivity index (χ1n) is 12.3. The summed E-state index contributed by atoms with van der Waals surface area (Å²) in [6.45, 7) is 0. The summed E-state index contributed by atoms with van der Waals surface area (Å²) in [5.74, 6) is 0.203. The van der Waals surface area contributed by atoms with Crippen LogP contribution >= 0.6 is 11.8 Å². The summed E-state index contributed by atoms with van der Waals surface area (Å²) in [6, 6.07) is 45.6. The van der Waals surface area contributed by atoms with Gasteiger partial charge in [0.2, 0.25) is 0 Å². The minimum atomic E-state index is 0. The normalized spacial score (nSPS) is 10.6. The van der Waals surface area contributed by atoms with Crippen LogP contribution in [-0.4, -0.2) is 15.1 Å². The molecule has 0 fully saturated rings. The van der Waals surface area contributed by atoms with Crippen molar-refractivity contribution < 1.29 is 26.2 Å². The number of hydrogen-bond acceptors (Lipinski definition) is 4. The van der Waals surface area contributed by atoms with E-state index in [1.807, 2.05) is 91.1 Å². The van der Waals surface area contributed by atoms with E-state index in [0.717, 1.165) is 43.4 Å². The van der Waals surface area contributed by atoms with Crippen molar-refractivity contribution in [2.45, 2.75) is 9.92 Å². The molecule has 6 aromatic rings. The molecule has 0 amide bonds. The molecule has 0 atom stereocenters. The quantitative estimate of drug-likeness (QED) is 0.176. The van der Waals surface area contributed by atoms with E-state index in [1.165, 1.54) is 0 Å². The summed E-state index contributed by atoms with van der Waals surface area (Å²) in [7, 11) is 0. The third-order valence-corrected chi connectivity index (χ3v) is 7.10. The zero-order valence-electron chi connectivity index (χ0n) is 20.8. The summed E-state index contributed by atoms with van der Waals surface area (Å²) in [4.78, 5) is 10.5. The van der Waals surface area contributed by atoms with E-state index in [4.69, 9.17) is 4.98 Å². The average molecular weight is 703 g/mol. The Balaban J connectivity index is 0.00000308. The van der Waals surface area contributed by atoms with Crippen LogP contribution in [0, 0.1) is 6.07 Å². The first-order valence-corrected chi connectivity index (χ1v) is 13.1. The van der Waals surface area contributed by atoms with Gasteiger partial charge < -0.3 is 5.11 Å². The Morgan fingerprint density at radius 3 is 2.00 bits per heavy atom. The number of phenolic OH excluding ortho intramolecular Hbond substituents is 1. The molecule has 5 heteroatoms. The van der Waals surface area contributed by atoms with Gasteiger partial charge in [-0.25, -0.2) is 4.98 Å². The molecule has 0 radical (unpaired) electrons. The Kier molecular flexibility index (Phi) is 8.36. The van der Waals surface area contributed by atoms with Crippen LogP contribution in [0.5, 0.6) is 5.75 Å². The zero-order valence-corrected chi connectivity index (χ0v) is 23.9. The molecule has 0 saturated heterocycles. The molecule has 0 aliphatic heterocycles. The number of benzene rings is 4. The zero-order chi connectivity index (χ0) is 25.7. The summed E-state index contributed by atoms with van der Waals surface area (Å²) in [5.41, 5.74) is 7.47. The van der Waals surface area contributed by atoms with Crippen molar-refractivity contribution in [3.63, 3.8) is 0 Å². The topological polar surface area (TPSA) is 46.0 Å². The molecule has 4 aromatic carbocycles. The van der Waals surface area contributed by atoms with Gasteiger partial charge in [0.05, 0.1) is 10.7 Å². The predicted octanol–water partition coefficient (Wildman–Crippen LogP) is 8.80. The van der Waals surface area contributed by atoms with Crippen LogP contribution < -0.4 is 0 Å². The SMILES string of the molecule is Oc1ccccc1-c1cc(-c2ccccc2)cc(-c2[c-]c(Sc3cc(-c4ccccc4)ccn3)ccc2)n1.[Pt]. The molecule has 3 nitrogen and oxygen atoms in total. The van der Waals surface area contributed by atoms with Crippen LogP contribution in [0.1, 0.15) is 0 Å². The average Bonchev–Trinajstić information content (AvgIpc) is 2.98. The van der Waals surface area contributed by atoms with E-state index in [2.05, 4.69) is 47.4 Å². The number of hydrogen-bond donors (Lipinski definition) is 1. The standard InChI is InChI=1S/C34H23N2OS.Pt/c37-33-17-8-7-16-30(33)32-22-28(25-12-5-2-6-13-25)21-31(36-32)27-14-9-15-29(20-27)38-34-23-26(18-19-35-34)24-10-3-1-4-11-24;/h1-19,21-23,37H;/q-1;. The Hall–Kier alpha value is -3.98. The van der Waals surface area contributed by atoms with Gasteiger partial charge in [-0.05, 0) is 58.3 Å². The van der Waals surface area contributed by atoms with Gasteiger partial charge in [0.25, 0.3) is 0 Å². The molecule has 0 saturated carbocycles. The molecule has 0 aliphatic carbocycles. The Labute approximate surface area is 246 Å². The minimum Gasteiger partial charge on any atom is -0.507 e. The molecule has 2 heterocycles. The maximum atomic E-state index is 10.5. The van der Waals surface area contributed by atoms with Crippen LogP contribution in [0.3, 0.4) is 0 Å². The van der Waals surface area contributed by atoms with Crippen molar-refractivity contribution in [2.24, 2.45) is 0 Å². The van der Waals surface area contributed by atoms with E-state index in [-0.39, 0.29) is 26.8 Å². The summed E-state index contributed by atoms with van der Waals surface area (Å²) in [5, 5.41) is 11.4. The second-order valence-corrected chi connectivity index (χ2v) is 9.85. The second kappa shape index (κ2) is 12.3. The maximum absolute atomic E-state index is 10.5. The maximum Gasteiger partial charge on any atom is 0.124 e. The van der Waals surface area contributed by atoms with Gasteiger partial charge >= 0.3 is 0 Å². The fourth-order valence-electron chi connectivity index (χ4n) is 4.34. The molecule has 6 rings (SSSR count). The number of para-hydroxylation sites is 1. The number of rotatable bonds is 6. The number of nitrogens with zero attached hydrogens (tertiary/aromatic N) is 2. The van der Waals surface area contributed by atoms with Gasteiger partial charge in [0.1, 0.15) is 5.75 Å². The van der Waals surface area contributed by atoms with Crippen LogP contribution in [0.2, 0.25) is 0 Å². The van der Waals surface area contributed by atoms with Crippen molar-refractivity contribution in [2.75, 3.05) is 0 Å². The van der Waals surface area contributed by atoms with Crippen molar-refractivity contribution >= 4 is 11.8 Å². The summed E-state index contributed by atoms with van der Waals surface area (Å²) < 4.78 is 0. The molecular formula is C34H23N2OPtS-. The number of aromatic hydroxyl groups is 1. The van der Waals surface area contributed by atoms with Gasteiger partial charge in [-0.3, -0.25) is 4.98 Å². The van der Waals surface area contributed by atoms with Crippen LogP contribution in [-0.2, 0) is 21.1 Å². The van der Waals surface area contributed by atoms with Crippen molar-refractivity contribution in [1.29, 1.82) is 0 Å². The van der Waals surface area contributed by atoms with Crippen molar-refractivity contribution in [3.05, 3.63) is 140 Å². The fourth-order valence-corrected chi connectivity index (χ4v) is 5.17. The Morgan fingerprint density at radius 1 is 0.590 bits per heavy atom. The number of phenols is 1. The third kappa shape index (κ3) is 6.20. The van der Waals surface area contributed by atoms with E-state index in [1.54, 1.807) is 17.8 Å². The monoisotopic (exact) mass is 702 g/mol. The van der Waals surface area contributed by atoms with E-state index in [9.17, 15) is 5.11 Å². The number of pyridine rings is 2. The van der Waals surface area contributed by atoms with Gasteiger partial charge in [0.15, 0.2) is 0 Å². The van der Waals surface area contributed by atoms with E-state index >= 15 is 0 Å². The minimum absolute atomic E-state index is 0. The molecule has 39 heavy (non-hydrogen) atoms. The van der Waals surface area contributed by atoms with Crippen LogP contribution in [0.25, 0.3) is 44.8 Å². The molecule has 0 unspecified atom stereocenters. The summed E-state index contributed by atoms with van der Waals surface area (Å²) in [6.07, 6.45) is 1.85. The molecule has 192 valence electrons.